The molecule has 4 nitrogen and oxygen atoms in total. The molecule has 0 aliphatic rings. The van der Waals surface area contributed by atoms with Gasteiger partial charge in [-0.05, 0) is 103 Å². The topological polar surface area (TPSA) is 57.4 Å². The van der Waals surface area contributed by atoms with E-state index < -0.39 is 0 Å². The zero-order valence-corrected chi connectivity index (χ0v) is 18.1. The van der Waals surface area contributed by atoms with Crippen LogP contribution in [0.5, 0.6) is 0 Å². The number of fused-ring (bicyclic) bond motifs is 1. The summed E-state index contributed by atoms with van der Waals surface area (Å²) < 4.78 is 3.41. The molecule has 2 aromatic heterocycles. The molecule has 0 atom stereocenters. The van der Waals surface area contributed by atoms with Crippen molar-refractivity contribution in [1.82, 2.24) is 14.5 Å². The van der Waals surface area contributed by atoms with E-state index in [2.05, 4.69) is 87.4 Å². The fourth-order valence-corrected chi connectivity index (χ4v) is 3.84. The molecule has 5 heteroatoms. The first-order chi connectivity index (χ1) is 13.5. The third kappa shape index (κ3) is 3.36. The average Bonchev–Trinajstić information content (AvgIpc) is 3.20. The Balaban J connectivity index is 1.79. The van der Waals surface area contributed by atoms with E-state index in [4.69, 9.17) is 0 Å². The van der Waals surface area contributed by atoms with Crippen LogP contribution in [0.2, 0.25) is 0 Å². The van der Waals surface area contributed by atoms with Crippen molar-refractivity contribution in [3.05, 3.63) is 80.4 Å². The molecule has 4 rings (SSSR count). The minimum absolute atomic E-state index is 0.525. The van der Waals surface area contributed by atoms with Gasteiger partial charge in [-0.15, -0.1) is 0 Å². The Bertz CT molecular complexity index is 1250. The van der Waals surface area contributed by atoms with E-state index >= 15 is 0 Å². The molecule has 1 N–H and O–H groups in total. The summed E-state index contributed by atoms with van der Waals surface area (Å²) in [4.78, 5) is 7.87. The summed E-state index contributed by atoms with van der Waals surface area (Å²) in [7, 11) is 0. The third-order valence-corrected chi connectivity index (χ3v) is 5.59. The van der Waals surface area contributed by atoms with Gasteiger partial charge in [-0.1, -0.05) is 6.07 Å². The van der Waals surface area contributed by atoms with Crippen molar-refractivity contribution < 1.29 is 0 Å². The predicted octanol–water partition coefficient (Wildman–Crippen LogP) is 5.95. The lowest BCUT2D eigenvalue weighted by Crippen LogP contribution is -1.99. The monoisotopic (exact) mass is 478 g/mol. The molecule has 0 bridgehead atoms. The van der Waals surface area contributed by atoms with Crippen LogP contribution < -0.4 is 0 Å². The number of nitrogens with zero attached hydrogens (tertiary/aromatic N) is 3. The second-order valence-corrected chi connectivity index (χ2v) is 8.16. The lowest BCUT2D eigenvalue weighted by Gasteiger charge is -2.09. The quantitative estimate of drug-likeness (QED) is 0.292. The van der Waals surface area contributed by atoms with Crippen molar-refractivity contribution in [2.75, 3.05) is 0 Å². The van der Waals surface area contributed by atoms with Gasteiger partial charge >= 0.3 is 0 Å². The Labute approximate surface area is 177 Å². The molecule has 28 heavy (non-hydrogen) atoms. The summed E-state index contributed by atoms with van der Waals surface area (Å²) in [5.41, 5.74) is 7.85. The molecule has 138 valence electrons. The molecule has 0 aliphatic heterocycles. The van der Waals surface area contributed by atoms with Crippen molar-refractivity contribution in [3.8, 4) is 11.8 Å². The Kier molecular flexibility index (Phi) is 4.82. The van der Waals surface area contributed by atoms with Gasteiger partial charge in [-0.3, -0.25) is 0 Å². The number of aromatic nitrogens is 3. The van der Waals surface area contributed by atoms with Crippen LogP contribution in [0.25, 0.3) is 28.4 Å². The Morgan fingerprint density at radius 2 is 1.86 bits per heavy atom. The smallest absolute Gasteiger partial charge is 0.149 e. The van der Waals surface area contributed by atoms with Crippen molar-refractivity contribution in [3.63, 3.8) is 0 Å². The number of aromatic amines is 1. The van der Waals surface area contributed by atoms with Crippen LogP contribution in [-0.2, 0) is 0 Å². The number of allylic oxidation sites excluding steroid dienone is 1. The number of imidazole rings is 1. The summed E-state index contributed by atoms with van der Waals surface area (Å²) >= 11 is 2.31. The van der Waals surface area contributed by atoms with Crippen LogP contribution in [0, 0.1) is 35.7 Å². The van der Waals surface area contributed by atoms with Gasteiger partial charge < -0.3 is 9.55 Å². The van der Waals surface area contributed by atoms with E-state index in [1.807, 2.05) is 31.2 Å². The lowest BCUT2D eigenvalue weighted by atomic mass is 10.1. The van der Waals surface area contributed by atoms with Gasteiger partial charge in [0.2, 0.25) is 0 Å². The Morgan fingerprint density at radius 3 is 2.57 bits per heavy atom. The molecular formula is C23H19IN4. The number of benzene rings is 2. The van der Waals surface area contributed by atoms with Crippen LogP contribution >= 0.6 is 22.6 Å². The summed E-state index contributed by atoms with van der Waals surface area (Å²) in [6.07, 6.45) is 1.91. The fraction of sp³-hybridized carbons (Fsp3) is 0.130. The Hall–Kier alpha value is -2.85. The summed E-state index contributed by atoms with van der Waals surface area (Å²) in [5.74, 6) is 0.599. The summed E-state index contributed by atoms with van der Waals surface area (Å²) in [6.45, 7) is 6.20. The second kappa shape index (κ2) is 7.28. The molecule has 0 spiro atoms. The number of nitriles is 1. The first kappa shape index (κ1) is 18.5. The van der Waals surface area contributed by atoms with Crippen molar-refractivity contribution >= 4 is 45.3 Å². The molecule has 0 saturated carbocycles. The zero-order valence-electron chi connectivity index (χ0n) is 15.9. The van der Waals surface area contributed by atoms with E-state index in [9.17, 15) is 5.26 Å². The Morgan fingerprint density at radius 1 is 1.11 bits per heavy atom. The minimum atomic E-state index is 0.525. The maximum Gasteiger partial charge on any atom is 0.149 e. The van der Waals surface area contributed by atoms with E-state index in [0.29, 0.717) is 11.4 Å². The zero-order chi connectivity index (χ0) is 19.8. The van der Waals surface area contributed by atoms with Crippen molar-refractivity contribution in [2.24, 2.45) is 0 Å². The number of hydrogen-bond donors (Lipinski definition) is 1. The van der Waals surface area contributed by atoms with E-state index in [1.54, 1.807) is 0 Å². The number of nitrogens with one attached hydrogen (secondary N) is 1. The van der Waals surface area contributed by atoms with Gasteiger partial charge in [0.1, 0.15) is 11.9 Å². The highest BCUT2D eigenvalue weighted by molar-refractivity contribution is 14.1. The highest BCUT2D eigenvalue weighted by atomic mass is 127. The maximum absolute atomic E-state index is 9.75. The van der Waals surface area contributed by atoms with Gasteiger partial charge in [0, 0.05) is 20.6 Å². The first-order valence-corrected chi connectivity index (χ1v) is 10.1. The lowest BCUT2D eigenvalue weighted by molar-refractivity contribution is 0.964. The first-order valence-electron chi connectivity index (χ1n) is 8.99. The molecule has 0 fully saturated rings. The molecule has 4 aromatic rings. The maximum atomic E-state index is 9.75. The highest BCUT2D eigenvalue weighted by Gasteiger charge is 2.13. The number of rotatable bonds is 3. The minimum Gasteiger partial charge on any atom is -0.337 e. The van der Waals surface area contributed by atoms with Crippen LogP contribution in [0.4, 0.5) is 0 Å². The standard InChI is InChI=1S/C23H19IN4/c1-14-4-9-21-22(10-14)27-23(26-21)18(13-25)12-17-11-15(2)28(16(17)3)20-7-5-19(24)6-8-20/h4-12H,1-3H3,(H,26,27)/b18-12+. The fourth-order valence-electron chi connectivity index (χ4n) is 3.48. The van der Waals surface area contributed by atoms with Gasteiger partial charge in [0.05, 0.1) is 16.6 Å². The normalized spacial score (nSPS) is 11.8. The van der Waals surface area contributed by atoms with Crippen molar-refractivity contribution in [1.29, 1.82) is 5.26 Å². The highest BCUT2D eigenvalue weighted by Crippen LogP contribution is 2.26. The van der Waals surface area contributed by atoms with Crippen LogP contribution in [-0.4, -0.2) is 14.5 Å². The molecular weight excluding hydrogens is 459 g/mol. The van der Waals surface area contributed by atoms with Gasteiger partial charge in [-0.2, -0.15) is 5.26 Å². The molecule has 0 aliphatic carbocycles. The third-order valence-electron chi connectivity index (χ3n) is 4.87. The molecule has 0 amide bonds. The molecule has 2 aromatic carbocycles. The molecule has 0 saturated heterocycles. The predicted molar refractivity (Wildman–Crippen MR) is 122 cm³/mol. The number of halogens is 1. The van der Waals surface area contributed by atoms with Crippen LogP contribution in [0.1, 0.15) is 28.3 Å². The largest absolute Gasteiger partial charge is 0.337 e. The summed E-state index contributed by atoms with van der Waals surface area (Å²) in [5, 5.41) is 9.75. The van der Waals surface area contributed by atoms with E-state index in [1.165, 1.54) is 3.57 Å². The van der Waals surface area contributed by atoms with Crippen LogP contribution in [0.15, 0.2) is 48.5 Å². The van der Waals surface area contributed by atoms with Crippen LogP contribution in [0.3, 0.4) is 0 Å². The number of H-pyrrole nitrogens is 1. The van der Waals surface area contributed by atoms with Crippen molar-refractivity contribution in [2.45, 2.75) is 20.8 Å². The van der Waals surface area contributed by atoms with E-state index in [0.717, 1.165) is 39.2 Å². The van der Waals surface area contributed by atoms with Gasteiger partial charge in [-0.25, -0.2) is 4.98 Å². The molecule has 0 unspecified atom stereocenters. The SMILES string of the molecule is Cc1ccc2nc(/C(C#N)=C/c3cc(C)n(-c4ccc(I)cc4)c3C)[nH]c2c1. The average molecular weight is 478 g/mol. The van der Waals surface area contributed by atoms with Gasteiger partial charge in [0.25, 0.3) is 0 Å². The number of aryl methyl sites for hydroxylation is 2. The van der Waals surface area contributed by atoms with Gasteiger partial charge in [0.15, 0.2) is 0 Å². The van der Waals surface area contributed by atoms with E-state index in [-0.39, 0.29) is 0 Å². The number of hydrogen-bond acceptors (Lipinski definition) is 2. The molecule has 2 heterocycles. The second-order valence-electron chi connectivity index (χ2n) is 6.91. The summed E-state index contributed by atoms with van der Waals surface area (Å²) in [6, 6.07) is 18.9. The molecule has 0 radical (unpaired) electrons.